The van der Waals surface area contributed by atoms with E-state index < -0.39 is 78.6 Å². The molecule has 0 aromatic rings. The fraction of sp³-hybridized carbons (Fsp3) is 0.680. The van der Waals surface area contributed by atoms with Gasteiger partial charge in [-0.2, -0.15) is 0 Å². The zero-order valence-electron chi connectivity index (χ0n) is 21.9. The van der Waals surface area contributed by atoms with Crippen LogP contribution >= 0.6 is 0 Å². The van der Waals surface area contributed by atoms with E-state index in [2.05, 4.69) is 6.58 Å². The molecule has 40 heavy (non-hydrogen) atoms. The molecule has 8 N–H and O–H groups in total. The maximum absolute atomic E-state index is 12.6. The second-order valence-electron chi connectivity index (χ2n) is 10.2. The molecule has 10 atom stereocenters. The number of ether oxygens (including phenoxy) is 4. The monoisotopic (exact) mass is 575 g/mol. The normalized spacial score (nSPS) is 39.7. The molecule has 15 heteroatoms. The number of carbonyl (C=O) groups is 2. The highest BCUT2D eigenvalue weighted by Crippen LogP contribution is 2.40. The third-order valence-electron chi connectivity index (χ3n) is 7.54. The third-order valence-corrected chi connectivity index (χ3v) is 7.54. The van der Waals surface area contributed by atoms with Crippen molar-refractivity contribution in [3.05, 3.63) is 36.6 Å². The molecule has 0 aliphatic carbocycles. The Morgan fingerprint density at radius 1 is 1.20 bits per heavy atom. The SMILES string of the molecule is C=C[C@H]1[C@H](O[C@H]2O[C@H](CO)[C@@H](O)C(O)(O)[C@H]2O)OC=C(C(=O)OC)[C@@]1(O)C=CC1CC(C(=O)[O-])C[NH+](CCO)C1. The number of hydrogen-bond acceptors (Lipinski definition) is 14. The van der Waals surface area contributed by atoms with E-state index in [9.17, 15) is 50.4 Å². The lowest BCUT2D eigenvalue weighted by atomic mass is 9.77. The van der Waals surface area contributed by atoms with Crippen LogP contribution in [0.15, 0.2) is 36.6 Å². The lowest BCUT2D eigenvalue weighted by molar-refractivity contribution is -0.911. The van der Waals surface area contributed by atoms with Crippen molar-refractivity contribution in [3.8, 4) is 0 Å². The summed E-state index contributed by atoms with van der Waals surface area (Å²) in [6.45, 7) is 3.62. The summed E-state index contributed by atoms with van der Waals surface area (Å²) in [6, 6.07) is 0. The van der Waals surface area contributed by atoms with Gasteiger partial charge >= 0.3 is 5.97 Å². The number of piperidine rings is 1. The van der Waals surface area contributed by atoms with Crippen molar-refractivity contribution in [1.29, 1.82) is 0 Å². The summed E-state index contributed by atoms with van der Waals surface area (Å²) in [7, 11) is 1.08. The standard InChI is InChI=1S/C25H37NO14/c1-3-15-22(40-23-19(30)25(35,36)18(29)17(11-28)39-23)38-12-16(21(33)37-2)24(15,34)5-4-13-8-14(20(31)32)10-26(9-13)6-7-27/h3-5,12-15,17-19,22-23,27-30,34-36H,1,6-11H2,2H3,(H,31,32)/t13?,14?,15-,17+,18+,19-,22-,23+,24+/m0/s1. The number of methoxy groups -OCH3 is 1. The Bertz CT molecular complexity index is 985. The highest BCUT2D eigenvalue weighted by atomic mass is 16.8. The number of carboxylic acid groups (broad SMARTS) is 1. The summed E-state index contributed by atoms with van der Waals surface area (Å²) in [5.41, 5.74) is -2.58. The molecule has 15 nitrogen and oxygen atoms in total. The zero-order valence-corrected chi connectivity index (χ0v) is 21.9. The zero-order chi connectivity index (χ0) is 29.8. The molecule has 3 rings (SSSR count). The van der Waals surface area contributed by atoms with Crippen molar-refractivity contribution in [1.82, 2.24) is 0 Å². The van der Waals surface area contributed by atoms with Crippen molar-refractivity contribution in [3.63, 3.8) is 0 Å². The van der Waals surface area contributed by atoms with E-state index >= 15 is 0 Å². The van der Waals surface area contributed by atoms with E-state index in [1.807, 2.05) is 0 Å². The molecule has 226 valence electrons. The fourth-order valence-corrected chi connectivity index (χ4v) is 5.29. The maximum Gasteiger partial charge on any atom is 0.340 e. The van der Waals surface area contributed by atoms with E-state index in [0.29, 0.717) is 13.1 Å². The van der Waals surface area contributed by atoms with Crippen molar-refractivity contribution in [2.45, 2.75) is 48.7 Å². The van der Waals surface area contributed by atoms with Gasteiger partial charge in [-0.15, -0.1) is 6.58 Å². The van der Waals surface area contributed by atoms with E-state index in [1.54, 1.807) is 0 Å². The smallest absolute Gasteiger partial charge is 0.340 e. The molecule has 3 aliphatic rings. The Hall–Kier alpha value is -2.44. The molecule has 3 unspecified atom stereocenters. The van der Waals surface area contributed by atoms with Crippen LogP contribution in [0, 0.1) is 17.8 Å². The van der Waals surface area contributed by atoms with Crippen molar-refractivity contribution in [2.75, 3.05) is 40.0 Å². The lowest BCUT2D eigenvalue weighted by Gasteiger charge is -2.47. The summed E-state index contributed by atoms with van der Waals surface area (Å²) in [5.74, 6) is -7.89. The second-order valence-corrected chi connectivity index (χ2v) is 10.2. The summed E-state index contributed by atoms with van der Waals surface area (Å²) >= 11 is 0. The van der Waals surface area contributed by atoms with Gasteiger partial charge in [0, 0.05) is 11.8 Å². The minimum Gasteiger partial charge on any atom is -0.550 e. The number of carbonyl (C=O) groups excluding carboxylic acids is 2. The van der Waals surface area contributed by atoms with Gasteiger partial charge in [-0.3, -0.25) is 0 Å². The van der Waals surface area contributed by atoms with Crippen molar-refractivity contribution < 1.29 is 74.3 Å². The van der Waals surface area contributed by atoms with E-state index in [-0.39, 0.29) is 25.1 Å². The summed E-state index contributed by atoms with van der Waals surface area (Å²) in [6.07, 6.45) is -4.37. The van der Waals surface area contributed by atoms with Crippen LogP contribution in [0.4, 0.5) is 0 Å². The van der Waals surface area contributed by atoms with Crippen LogP contribution in [0.1, 0.15) is 6.42 Å². The van der Waals surface area contributed by atoms with Gasteiger partial charge in [0.15, 0.2) is 12.4 Å². The molecule has 2 fully saturated rings. The Balaban J connectivity index is 1.92. The summed E-state index contributed by atoms with van der Waals surface area (Å²) in [5, 5.41) is 82.9. The number of carboxylic acids is 1. The molecule has 0 aromatic carbocycles. The first-order valence-electron chi connectivity index (χ1n) is 12.7. The number of quaternary nitrogens is 1. The van der Waals surface area contributed by atoms with Crippen LogP contribution in [-0.2, 0) is 28.5 Å². The quantitative estimate of drug-likeness (QED) is 0.0687. The Labute approximate surface area is 229 Å². The lowest BCUT2D eigenvalue weighted by Crippen LogP contribution is -3.15. The van der Waals surface area contributed by atoms with Crippen molar-refractivity contribution in [2.24, 2.45) is 17.8 Å². The van der Waals surface area contributed by atoms with Gasteiger partial charge in [-0.05, 0) is 6.42 Å². The predicted octanol–water partition coefficient (Wildman–Crippen LogP) is -6.11. The molecule has 0 radical (unpaired) electrons. The van der Waals surface area contributed by atoms with Crippen LogP contribution < -0.4 is 10.0 Å². The minimum atomic E-state index is -3.14. The first-order valence-corrected chi connectivity index (χ1v) is 12.7. The maximum atomic E-state index is 12.6. The number of aliphatic carboxylic acids is 1. The number of aliphatic hydroxyl groups is 7. The molecular formula is C25H37NO14. The summed E-state index contributed by atoms with van der Waals surface area (Å²) < 4.78 is 21.1. The average Bonchev–Trinajstić information content (AvgIpc) is 2.92. The van der Waals surface area contributed by atoms with Gasteiger partial charge < -0.3 is 69.5 Å². The number of likely N-dealkylation sites (tertiary alicyclic amines) is 1. The van der Waals surface area contributed by atoms with Crippen molar-refractivity contribution >= 4 is 11.9 Å². The average molecular weight is 576 g/mol. The molecule has 0 amide bonds. The first-order chi connectivity index (χ1) is 18.8. The number of nitrogens with one attached hydrogen (secondary N) is 1. The van der Waals surface area contributed by atoms with Crippen LogP contribution in [-0.4, -0.2) is 130 Å². The first kappa shape index (κ1) is 32.1. The van der Waals surface area contributed by atoms with Gasteiger partial charge in [0.25, 0.3) is 0 Å². The molecule has 0 spiro atoms. The Morgan fingerprint density at radius 3 is 2.48 bits per heavy atom. The van der Waals surface area contributed by atoms with Crippen LogP contribution in [0.2, 0.25) is 0 Å². The largest absolute Gasteiger partial charge is 0.550 e. The number of aliphatic hydroxyl groups excluding tert-OH is 4. The second kappa shape index (κ2) is 13.0. The topological polar surface area (TPSA) is 240 Å². The van der Waals surface area contributed by atoms with Crippen LogP contribution in [0.5, 0.6) is 0 Å². The van der Waals surface area contributed by atoms with Crippen LogP contribution in [0.3, 0.4) is 0 Å². The Morgan fingerprint density at radius 2 is 1.90 bits per heavy atom. The molecule has 3 heterocycles. The third kappa shape index (κ3) is 6.38. The minimum absolute atomic E-state index is 0.161. The number of hydrogen-bond donors (Lipinski definition) is 8. The Kier molecular flexibility index (Phi) is 10.5. The molecule has 0 aromatic heterocycles. The summed E-state index contributed by atoms with van der Waals surface area (Å²) in [4.78, 5) is 25.0. The van der Waals surface area contributed by atoms with Gasteiger partial charge in [-0.1, -0.05) is 18.2 Å². The molecule has 3 aliphatic heterocycles. The number of esters is 1. The molecular weight excluding hydrogens is 538 g/mol. The molecule has 0 bridgehead atoms. The highest BCUT2D eigenvalue weighted by Gasteiger charge is 2.57. The van der Waals surface area contributed by atoms with E-state index in [0.717, 1.165) is 18.3 Å². The van der Waals surface area contributed by atoms with E-state index in [4.69, 9.17) is 18.9 Å². The molecule has 0 saturated carbocycles. The predicted molar refractivity (Wildman–Crippen MR) is 128 cm³/mol. The van der Waals surface area contributed by atoms with Gasteiger partial charge in [0.05, 0.1) is 45.3 Å². The number of rotatable bonds is 10. The molecule has 2 saturated heterocycles. The fourth-order valence-electron chi connectivity index (χ4n) is 5.29. The van der Waals surface area contributed by atoms with Crippen LogP contribution in [0.25, 0.3) is 0 Å². The van der Waals surface area contributed by atoms with E-state index in [1.165, 1.54) is 18.2 Å². The highest BCUT2D eigenvalue weighted by molar-refractivity contribution is 5.91. The van der Waals surface area contributed by atoms with Gasteiger partial charge in [-0.25, -0.2) is 4.79 Å². The van der Waals surface area contributed by atoms with Gasteiger partial charge in [0.1, 0.15) is 36.2 Å². The van der Waals surface area contributed by atoms with Gasteiger partial charge in [0.2, 0.25) is 12.1 Å².